The zero-order valence-electron chi connectivity index (χ0n) is 12.1. The van der Waals surface area contributed by atoms with Crippen LogP contribution < -0.4 is 10.6 Å². The van der Waals surface area contributed by atoms with Gasteiger partial charge in [-0.15, -0.1) is 0 Å². The molecule has 0 aromatic rings. The summed E-state index contributed by atoms with van der Waals surface area (Å²) in [5.41, 5.74) is 0. The van der Waals surface area contributed by atoms with Crippen LogP contribution in [0.15, 0.2) is 0 Å². The number of thioether (sulfide) groups is 1. The largest absolute Gasteiger partial charge is 0.355 e. The monoisotopic (exact) mass is 272 g/mol. The van der Waals surface area contributed by atoms with Crippen LogP contribution in [0.4, 0.5) is 0 Å². The van der Waals surface area contributed by atoms with Gasteiger partial charge in [0.05, 0.1) is 6.54 Å². The van der Waals surface area contributed by atoms with Crippen LogP contribution in [-0.4, -0.2) is 36.5 Å². The molecule has 2 N–H and O–H groups in total. The number of hydrogen-bond donors (Lipinski definition) is 2. The Balaban J connectivity index is 2.11. The molecule has 1 saturated carbocycles. The van der Waals surface area contributed by atoms with Crippen LogP contribution in [0.1, 0.15) is 46.0 Å². The third kappa shape index (κ3) is 5.61. The molecule has 0 atom stereocenters. The molecule has 18 heavy (non-hydrogen) atoms. The number of carbonyl (C=O) groups is 1. The van der Waals surface area contributed by atoms with E-state index in [1.165, 1.54) is 25.7 Å². The van der Waals surface area contributed by atoms with Crippen molar-refractivity contribution in [1.29, 1.82) is 0 Å². The predicted molar refractivity (Wildman–Crippen MR) is 80.0 cm³/mol. The summed E-state index contributed by atoms with van der Waals surface area (Å²) in [6.07, 6.45) is 8.49. The van der Waals surface area contributed by atoms with Gasteiger partial charge in [-0.1, -0.05) is 26.7 Å². The molecule has 0 saturated heterocycles. The Bertz CT molecular complexity index is 250. The molecule has 1 amide bonds. The van der Waals surface area contributed by atoms with Gasteiger partial charge < -0.3 is 10.6 Å². The summed E-state index contributed by atoms with van der Waals surface area (Å²) in [6, 6.07) is 0. The molecule has 0 unspecified atom stereocenters. The molecular formula is C14H28N2OS. The van der Waals surface area contributed by atoms with Gasteiger partial charge in [0.1, 0.15) is 0 Å². The Morgan fingerprint density at radius 2 is 2.00 bits per heavy atom. The quantitative estimate of drug-likeness (QED) is 0.713. The van der Waals surface area contributed by atoms with E-state index in [0.717, 1.165) is 19.5 Å². The van der Waals surface area contributed by atoms with E-state index in [9.17, 15) is 4.79 Å². The minimum absolute atomic E-state index is 0.130. The van der Waals surface area contributed by atoms with Gasteiger partial charge in [-0.25, -0.2) is 0 Å². The van der Waals surface area contributed by atoms with Gasteiger partial charge in [0.25, 0.3) is 0 Å². The van der Waals surface area contributed by atoms with Crippen LogP contribution in [0.5, 0.6) is 0 Å². The first kappa shape index (κ1) is 15.8. The lowest BCUT2D eigenvalue weighted by Crippen LogP contribution is -2.41. The Morgan fingerprint density at radius 1 is 1.33 bits per heavy atom. The summed E-state index contributed by atoms with van der Waals surface area (Å²) in [7, 11) is 0. The maximum absolute atomic E-state index is 11.6. The van der Waals surface area contributed by atoms with Crippen LogP contribution in [0, 0.1) is 5.92 Å². The summed E-state index contributed by atoms with van der Waals surface area (Å²) in [4.78, 5) is 11.6. The molecule has 0 aromatic heterocycles. The van der Waals surface area contributed by atoms with Crippen molar-refractivity contribution in [3.63, 3.8) is 0 Å². The van der Waals surface area contributed by atoms with Crippen molar-refractivity contribution in [2.45, 2.75) is 50.7 Å². The van der Waals surface area contributed by atoms with Crippen molar-refractivity contribution in [2.24, 2.45) is 5.92 Å². The van der Waals surface area contributed by atoms with E-state index in [4.69, 9.17) is 0 Å². The highest BCUT2D eigenvalue weighted by molar-refractivity contribution is 8.00. The molecule has 0 bridgehead atoms. The average Bonchev–Trinajstić information content (AvgIpc) is 2.78. The second kappa shape index (κ2) is 8.05. The van der Waals surface area contributed by atoms with Crippen LogP contribution in [0.3, 0.4) is 0 Å². The molecule has 0 radical (unpaired) electrons. The molecule has 1 rings (SSSR count). The zero-order chi connectivity index (χ0) is 13.4. The van der Waals surface area contributed by atoms with Gasteiger partial charge in [0.2, 0.25) is 5.91 Å². The lowest BCUT2D eigenvalue weighted by atomic mass is 10.1. The third-order valence-electron chi connectivity index (χ3n) is 3.72. The average molecular weight is 272 g/mol. The minimum atomic E-state index is 0.130. The molecule has 106 valence electrons. The molecule has 3 nitrogen and oxygen atoms in total. The lowest BCUT2D eigenvalue weighted by molar-refractivity contribution is -0.120. The van der Waals surface area contributed by atoms with Gasteiger partial charge in [-0.05, 0) is 31.4 Å². The first-order chi connectivity index (χ1) is 8.58. The number of rotatable bonds is 8. The fraction of sp³-hybridized carbons (Fsp3) is 0.929. The lowest BCUT2D eigenvalue weighted by Gasteiger charge is -2.26. The first-order valence-electron chi connectivity index (χ1n) is 7.10. The smallest absolute Gasteiger partial charge is 0.233 e. The van der Waals surface area contributed by atoms with Crippen molar-refractivity contribution in [3.8, 4) is 0 Å². The topological polar surface area (TPSA) is 41.1 Å². The highest BCUT2D eigenvalue weighted by atomic mass is 32.2. The second-order valence-corrected chi connectivity index (χ2v) is 7.00. The Hall–Kier alpha value is -0.220. The summed E-state index contributed by atoms with van der Waals surface area (Å²) < 4.78 is 0.387. The van der Waals surface area contributed by atoms with E-state index < -0.39 is 0 Å². The summed E-state index contributed by atoms with van der Waals surface area (Å²) >= 11 is 1.96. The standard InChI is InChI=1S/C14H28N2OS/c1-12(2)6-9-16-13(17)10-15-11-14(18-3)7-4-5-8-14/h12,15H,4-11H2,1-3H3,(H,16,17). The molecule has 0 aliphatic heterocycles. The second-order valence-electron chi connectivity index (χ2n) is 5.73. The summed E-state index contributed by atoms with van der Waals surface area (Å²) in [6.45, 7) is 6.57. The highest BCUT2D eigenvalue weighted by Crippen LogP contribution is 2.39. The zero-order valence-corrected chi connectivity index (χ0v) is 12.9. The SMILES string of the molecule is CSC1(CNCC(=O)NCCC(C)C)CCCC1. The van der Waals surface area contributed by atoms with E-state index in [2.05, 4.69) is 30.7 Å². The van der Waals surface area contributed by atoms with Gasteiger partial charge >= 0.3 is 0 Å². The molecule has 1 aliphatic carbocycles. The van der Waals surface area contributed by atoms with Crippen LogP contribution >= 0.6 is 11.8 Å². The van der Waals surface area contributed by atoms with Gasteiger partial charge in [0.15, 0.2) is 0 Å². The summed E-state index contributed by atoms with van der Waals surface area (Å²) in [5.74, 6) is 0.779. The van der Waals surface area contributed by atoms with E-state index in [0.29, 0.717) is 17.2 Å². The number of amides is 1. The number of nitrogens with one attached hydrogen (secondary N) is 2. The van der Waals surface area contributed by atoms with Gasteiger partial charge in [-0.3, -0.25) is 4.79 Å². The molecule has 0 aromatic carbocycles. The fourth-order valence-corrected chi connectivity index (χ4v) is 3.38. The van der Waals surface area contributed by atoms with Crippen molar-refractivity contribution in [3.05, 3.63) is 0 Å². The molecule has 1 aliphatic rings. The Labute approximate surface area is 116 Å². The summed E-state index contributed by atoms with van der Waals surface area (Å²) in [5, 5.41) is 6.29. The van der Waals surface area contributed by atoms with Gasteiger partial charge in [0, 0.05) is 17.8 Å². The normalized spacial score (nSPS) is 18.2. The first-order valence-corrected chi connectivity index (χ1v) is 8.33. The van der Waals surface area contributed by atoms with Crippen LogP contribution in [0.25, 0.3) is 0 Å². The molecular weight excluding hydrogens is 244 g/mol. The maximum atomic E-state index is 11.6. The fourth-order valence-electron chi connectivity index (χ4n) is 2.44. The highest BCUT2D eigenvalue weighted by Gasteiger charge is 2.32. The van der Waals surface area contributed by atoms with Crippen molar-refractivity contribution >= 4 is 17.7 Å². The van der Waals surface area contributed by atoms with E-state index >= 15 is 0 Å². The van der Waals surface area contributed by atoms with Crippen LogP contribution in [-0.2, 0) is 4.79 Å². The van der Waals surface area contributed by atoms with Crippen LogP contribution in [0.2, 0.25) is 0 Å². The van der Waals surface area contributed by atoms with Crippen molar-refractivity contribution in [2.75, 3.05) is 25.9 Å². The Morgan fingerprint density at radius 3 is 2.56 bits per heavy atom. The van der Waals surface area contributed by atoms with Crippen molar-refractivity contribution < 1.29 is 4.79 Å². The van der Waals surface area contributed by atoms with E-state index in [1.54, 1.807) is 0 Å². The van der Waals surface area contributed by atoms with E-state index in [-0.39, 0.29) is 5.91 Å². The molecule has 1 fully saturated rings. The molecule has 0 heterocycles. The Kier molecular flexibility index (Phi) is 7.08. The predicted octanol–water partition coefficient (Wildman–Crippen LogP) is 2.41. The minimum Gasteiger partial charge on any atom is -0.355 e. The van der Waals surface area contributed by atoms with Crippen molar-refractivity contribution in [1.82, 2.24) is 10.6 Å². The molecule has 0 spiro atoms. The number of hydrogen-bond acceptors (Lipinski definition) is 3. The molecule has 4 heteroatoms. The van der Waals surface area contributed by atoms with Gasteiger partial charge in [-0.2, -0.15) is 11.8 Å². The van der Waals surface area contributed by atoms with E-state index in [1.807, 2.05) is 11.8 Å². The third-order valence-corrected chi connectivity index (χ3v) is 5.14. The number of carbonyl (C=O) groups excluding carboxylic acids is 1. The maximum Gasteiger partial charge on any atom is 0.233 e.